The van der Waals surface area contributed by atoms with Gasteiger partial charge in [-0.05, 0) is 0 Å². The van der Waals surface area contributed by atoms with Gasteiger partial charge >= 0.3 is 6.03 Å². The largest absolute Gasteiger partial charge is 0.368 e. The van der Waals surface area contributed by atoms with Crippen LogP contribution in [0.3, 0.4) is 0 Å². The lowest BCUT2D eigenvalue weighted by Gasteiger charge is -2.36. The molecule has 0 aromatic rings. The maximum absolute atomic E-state index is 12.4. The van der Waals surface area contributed by atoms with Gasteiger partial charge in [-0.2, -0.15) is 0 Å². The lowest BCUT2D eigenvalue weighted by atomic mass is 10.1. The number of urea groups is 1. The minimum absolute atomic E-state index is 0.0433. The van der Waals surface area contributed by atoms with E-state index in [9.17, 15) is 19.2 Å². The zero-order valence-corrected chi connectivity index (χ0v) is 12.7. The first-order chi connectivity index (χ1) is 10.5. The number of rotatable bonds is 3. The second-order valence-corrected chi connectivity index (χ2v) is 6.47. The summed E-state index contributed by atoms with van der Waals surface area (Å²) in [6.45, 7) is 0.429. The van der Waals surface area contributed by atoms with Crippen LogP contribution in [0.15, 0.2) is 0 Å². The van der Waals surface area contributed by atoms with Gasteiger partial charge in [0, 0.05) is 24.7 Å². The Kier molecular flexibility index (Phi) is 3.96. The maximum Gasteiger partial charge on any atom is 0.328 e. The van der Waals surface area contributed by atoms with Crippen LogP contribution in [-0.2, 0) is 14.4 Å². The lowest BCUT2D eigenvalue weighted by molar-refractivity contribution is -0.138. The van der Waals surface area contributed by atoms with E-state index in [2.05, 4.69) is 5.32 Å². The normalized spacial score (nSPS) is 28.3. The molecular formula is C12H17N5O4S. The predicted molar refractivity (Wildman–Crippen MR) is 77.6 cm³/mol. The van der Waals surface area contributed by atoms with Gasteiger partial charge in [0.25, 0.3) is 5.91 Å². The molecule has 10 heteroatoms. The van der Waals surface area contributed by atoms with E-state index >= 15 is 0 Å². The van der Waals surface area contributed by atoms with E-state index in [1.807, 2.05) is 0 Å². The number of thioether (sulfide) groups is 1. The highest BCUT2D eigenvalue weighted by molar-refractivity contribution is 7.99. The highest BCUT2D eigenvalue weighted by Gasteiger charge is 2.49. The van der Waals surface area contributed by atoms with Gasteiger partial charge in [0.1, 0.15) is 12.6 Å². The summed E-state index contributed by atoms with van der Waals surface area (Å²) in [5, 5.41) is 3.10. The number of carbonyl (C=O) groups excluding carboxylic acids is 4. The summed E-state index contributed by atoms with van der Waals surface area (Å²) >= 11 is 1.65. The molecule has 0 bridgehead atoms. The van der Waals surface area contributed by atoms with Gasteiger partial charge < -0.3 is 15.5 Å². The molecule has 22 heavy (non-hydrogen) atoms. The molecule has 0 aromatic heterocycles. The summed E-state index contributed by atoms with van der Waals surface area (Å²) in [4.78, 5) is 51.6. The fourth-order valence-electron chi connectivity index (χ4n) is 2.93. The van der Waals surface area contributed by atoms with E-state index in [1.165, 1.54) is 4.90 Å². The number of nitrogens with one attached hydrogen (secondary N) is 1. The van der Waals surface area contributed by atoms with Crippen molar-refractivity contribution in [1.29, 1.82) is 0 Å². The van der Waals surface area contributed by atoms with Crippen LogP contribution < -0.4 is 11.1 Å². The van der Waals surface area contributed by atoms with Crippen molar-refractivity contribution in [2.75, 3.05) is 37.8 Å². The Bertz CT molecular complexity index is 536. The summed E-state index contributed by atoms with van der Waals surface area (Å²) in [5.41, 5.74) is 5.07. The van der Waals surface area contributed by atoms with Gasteiger partial charge in [-0.1, -0.05) is 0 Å². The summed E-state index contributed by atoms with van der Waals surface area (Å²) in [7, 11) is 0. The van der Waals surface area contributed by atoms with Crippen LogP contribution in [-0.4, -0.2) is 88.3 Å². The van der Waals surface area contributed by atoms with Crippen molar-refractivity contribution < 1.29 is 19.2 Å². The van der Waals surface area contributed by atoms with Crippen molar-refractivity contribution in [3.05, 3.63) is 0 Å². The number of carbonyl (C=O) groups is 4. The molecule has 2 unspecified atom stereocenters. The Morgan fingerprint density at radius 3 is 2.73 bits per heavy atom. The second kappa shape index (κ2) is 5.76. The van der Waals surface area contributed by atoms with Crippen LogP contribution in [0.1, 0.15) is 0 Å². The van der Waals surface area contributed by atoms with E-state index in [4.69, 9.17) is 5.73 Å². The molecule has 3 aliphatic rings. The first-order valence-electron chi connectivity index (χ1n) is 6.99. The Hall–Kier alpha value is -1.81. The van der Waals surface area contributed by atoms with Crippen molar-refractivity contribution >= 4 is 35.5 Å². The Balaban J connectivity index is 1.69. The summed E-state index contributed by atoms with van der Waals surface area (Å²) in [5.74, 6) is 0.212. The monoisotopic (exact) mass is 327 g/mol. The van der Waals surface area contributed by atoms with Crippen molar-refractivity contribution in [1.82, 2.24) is 20.0 Å². The number of primary amides is 1. The number of fused-ring (bicyclic) bond motifs is 1. The number of hydrogen-bond acceptors (Lipinski definition) is 6. The highest BCUT2D eigenvalue weighted by Crippen LogP contribution is 2.23. The Morgan fingerprint density at radius 1 is 1.32 bits per heavy atom. The molecule has 3 fully saturated rings. The number of nitrogens with two attached hydrogens (primary N) is 1. The smallest absolute Gasteiger partial charge is 0.328 e. The van der Waals surface area contributed by atoms with E-state index in [0.717, 1.165) is 10.8 Å². The molecule has 3 aliphatic heterocycles. The Labute approximate surface area is 131 Å². The molecule has 2 atom stereocenters. The molecule has 3 N–H and O–H groups in total. The van der Waals surface area contributed by atoms with E-state index in [1.54, 1.807) is 16.7 Å². The van der Waals surface area contributed by atoms with Crippen LogP contribution in [0.4, 0.5) is 4.79 Å². The first-order valence-corrected chi connectivity index (χ1v) is 8.14. The van der Waals surface area contributed by atoms with Gasteiger partial charge in [0.05, 0.1) is 12.6 Å². The van der Waals surface area contributed by atoms with Crippen molar-refractivity contribution in [2.24, 2.45) is 5.73 Å². The van der Waals surface area contributed by atoms with Crippen molar-refractivity contribution in [2.45, 2.75) is 12.1 Å². The molecule has 0 aromatic carbocycles. The standard InChI is InChI=1S/C12H17N5O4S/c13-9(18)4-17-11(20)8-3-15(1-2-16(8)12(17)21)10(19)7-5-22-6-14-7/h7-8,14H,1-6H2,(H2,13,18). The minimum Gasteiger partial charge on any atom is -0.368 e. The molecule has 0 radical (unpaired) electrons. The number of hydrogen-bond donors (Lipinski definition) is 2. The summed E-state index contributed by atoms with van der Waals surface area (Å²) in [6, 6.07) is -1.44. The molecule has 0 saturated carbocycles. The number of imide groups is 1. The SMILES string of the molecule is NC(=O)CN1C(=O)C2CN(C(=O)C3CSCN3)CCN2C1=O. The fraction of sp³-hybridized carbons (Fsp3) is 0.667. The first kappa shape index (κ1) is 15.1. The van der Waals surface area contributed by atoms with Crippen LogP contribution in [0.5, 0.6) is 0 Å². The second-order valence-electron chi connectivity index (χ2n) is 5.44. The van der Waals surface area contributed by atoms with E-state index in [0.29, 0.717) is 12.3 Å². The third kappa shape index (κ3) is 2.52. The third-order valence-electron chi connectivity index (χ3n) is 4.05. The van der Waals surface area contributed by atoms with Crippen LogP contribution >= 0.6 is 11.8 Å². The van der Waals surface area contributed by atoms with Crippen LogP contribution in [0, 0.1) is 0 Å². The van der Waals surface area contributed by atoms with Gasteiger partial charge in [0.2, 0.25) is 11.8 Å². The van der Waals surface area contributed by atoms with E-state index < -0.39 is 30.4 Å². The Morgan fingerprint density at radius 2 is 2.09 bits per heavy atom. The topological polar surface area (TPSA) is 116 Å². The molecule has 5 amide bonds. The molecule has 0 aliphatic carbocycles. The van der Waals surface area contributed by atoms with Crippen LogP contribution in [0.2, 0.25) is 0 Å². The molecule has 3 rings (SSSR count). The predicted octanol–water partition coefficient (Wildman–Crippen LogP) is -2.39. The fourth-order valence-corrected chi connectivity index (χ4v) is 3.86. The number of amides is 5. The van der Waals surface area contributed by atoms with Gasteiger partial charge in [-0.15, -0.1) is 11.8 Å². The molecule has 0 spiro atoms. The van der Waals surface area contributed by atoms with Gasteiger partial charge in [0.15, 0.2) is 0 Å². The average Bonchev–Trinajstić information content (AvgIpc) is 3.10. The summed E-state index contributed by atoms with van der Waals surface area (Å²) in [6.07, 6.45) is 0. The zero-order valence-electron chi connectivity index (χ0n) is 11.9. The number of nitrogens with zero attached hydrogens (tertiary/aromatic N) is 3. The van der Waals surface area contributed by atoms with Crippen molar-refractivity contribution in [3.63, 3.8) is 0 Å². The molecular weight excluding hydrogens is 310 g/mol. The minimum atomic E-state index is -0.735. The van der Waals surface area contributed by atoms with E-state index in [-0.39, 0.29) is 25.0 Å². The van der Waals surface area contributed by atoms with Gasteiger partial charge in [-0.25, -0.2) is 4.79 Å². The molecule has 120 valence electrons. The van der Waals surface area contributed by atoms with Crippen molar-refractivity contribution in [3.8, 4) is 0 Å². The highest BCUT2D eigenvalue weighted by atomic mass is 32.2. The quantitative estimate of drug-likeness (QED) is 0.559. The maximum atomic E-state index is 12.4. The lowest BCUT2D eigenvalue weighted by Crippen LogP contribution is -2.57. The third-order valence-corrected chi connectivity index (χ3v) is 4.99. The molecule has 3 heterocycles. The molecule has 3 saturated heterocycles. The summed E-state index contributed by atoms with van der Waals surface area (Å²) < 4.78 is 0. The zero-order chi connectivity index (χ0) is 15.9. The number of piperazine rings is 1. The molecule has 9 nitrogen and oxygen atoms in total. The average molecular weight is 327 g/mol. The van der Waals surface area contributed by atoms with Gasteiger partial charge in [-0.3, -0.25) is 24.6 Å². The van der Waals surface area contributed by atoms with Crippen LogP contribution in [0.25, 0.3) is 0 Å².